The number of hydrogen-bond acceptors (Lipinski definition) is 6. The molecular weight excluding hydrogens is 495 g/mol. The Bertz CT molecular complexity index is 1660. The van der Waals surface area contributed by atoms with Gasteiger partial charge < -0.3 is 0 Å². The van der Waals surface area contributed by atoms with E-state index in [1.54, 1.807) is 18.2 Å². The van der Waals surface area contributed by atoms with E-state index < -0.39 is 10.0 Å². The van der Waals surface area contributed by atoms with Gasteiger partial charge in [0.15, 0.2) is 11.5 Å². The van der Waals surface area contributed by atoms with Crippen molar-refractivity contribution in [3.63, 3.8) is 0 Å². The number of pyridine rings is 1. The van der Waals surface area contributed by atoms with Crippen LogP contribution in [-0.2, 0) is 16.4 Å². The summed E-state index contributed by atoms with van der Waals surface area (Å²) in [6.45, 7) is 1.37. The Morgan fingerprint density at radius 2 is 1.76 bits per heavy atom. The summed E-state index contributed by atoms with van der Waals surface area (Å²) in [6, 6.07) is 17.4. The Labute approximate surface area is 205 Å². The van der Waals surface area contributed by atoms with Gasteiger partial charge in [0.1, 0.15) is 12.1 Å². The number of benzene rings is 2. The first-order valence-corrected chi connectivity index (χ1v) is 12.0. The molecule has 0 aliphatic rings. The number of fused-ring (bicyclic) bond motifs is 1. The molecule has 10 heteroatoms. The molecule has 0 aliphatic heterocycles. The molecular formula is C24H14Cl2N4O3S. The zero-order valence-corrected chi connectivity index (χ0v) is 19.9. The van der Waals surface area contributed by atoms with Gasteiger partial charge in [-0.1, -0.05) is 41.4 Å². The molecule has 0 fully saturated rings. The highest BCUT2D eigenvalue weighted by Crippen LogP contribution is 2.34. The minimum absolute atomic E-state index is 0.0197. The third-order valence-electron chi connectivity index (χ3n) is 5.24. The molecule has 0 bridgehead atoms. The maximum Gasteiger partial charge on any atom is 0.268 e. The van der Waals surface area contributed by atoms with Crippen LogP contribution in [0.25, 0.3) is 11.0 Å². The van der Waals surface area contributed by atoms with E-state index in [9.17, 15) is 23.7 Å². The van der Waals surface area contributed by atoms with Crippen LogP contribution in [0, 0.1) is 22.7 Å². The SMILES string of the molecule is CC(=O)c1ccc(Cl)c(Cc2cc3nc(C#N)c(C#N)cc3n2S(=O)(=O)c2ccccc2)c1Cl. The van der Waals surface area contributed by atoms with E-state index in [1.807, 2.05) is 12.1 Å². The van der Waals surface area contributed by atoms with Crippen LogP contribution in [0.5, 0.6) is 0 Å². The van der Waals surface area contributed by atoms with E-state index in [1.165, 1.54) is 43.3 Å². The predicted octanol–water partition coefficient (Wildman–Crippen LogP) is 5.12. The van der Waals surface area contributed by atoms with Crippen molar-refractivity contribution in [2.75, 3.05) is 0 Å². The van der Waals surface area contributed by atoms with Gasteiger partial charge in [0.25, 0.3) is 10.0 Å². The first-order chi connectivity index (χ1) is 16.2. The summed E-state index contributed by atoms with van der Waals surface area (Å²) in [5.74, 6) is -0.264. The number of carbonyl (C=O) groups is 1. The van der Waals surface area contributed by atoms with Crippen LogP contribution in [0.3, 0.4) is 0 Å². The third kappa shape index (κ3) is 3.93. The van der Waals surface area contributed by atoms with Crippen LogP contribution < -0.4 is 0 Å². The summed E-state index contributed by atoms with van der Waals surface area (Å²) >= 11 is 12.8. The Morgan fingerprint density at radius 3 is 2.38 bits per heavy atom. The molecule has 0 N–H and O–H groups in total. The quantitative estimate of drug-likeness (QED) is 0.345. The minimum Gasteiger partial charge on any atom is -0.294 e. The fourth-order valence-corrected chi connectivity index (χ4v) is 5.83. The smallest absolute Gasteiger partial charge is 0.268 e. The standard InChI is InChI=1S/C24H14Cl2N4O3S/c1-14(31)18-7-8-20(25)19(24(18)26)10-16-11-21-23(9-15(12-27)22(13-28)29-21)30(16)34(32,33)17-5-3-2-4-6-17/h2-9,11H,10H2,1H3. The van der Waals surface area contributed by atoms with Gasteiger partial charge >= 0.3 is 0 Å². The fraction of sp³-hybridized carbons (Fsp3) is 0.0833. The first kappa shape index (κ1) is 23.5. The number of nitriles is 2. The number of ketones is 1. The minimum atomic E-state index is -4.14. The molecule has 2 heterocycles. The molecule has 0 unspecified atom stereocenters. The lowest BCUT2D eigenvalue weighted by Crippen LogP contribution is -2.16. The zero-order valence-electron chi connectivity index (χ0n) is 17.6. The highest BCUT2D eigenvalue weighted by molar-refractivity contribution is 7.90. The third-order valence-corrected chi connectivity index (χ3v) is 7.81. The van der Waals surface area contributed by atoms with Gasteiger partial charge in [-0.25, -0.2) is 17.4 Å². The number of aromatic nitrogens is 2. The summed E-state index contributed by atoms with van der Waals surface area (Å²) in [4.78, 5) is 16.2. The van der Waals surface area contributed by atoms with E-state index in [0.29, 0.717) is 5.56 Å². The van der Waals surface area contributed by atoms with E-state index in [4.69, 9.17) is 23.2 Å². The van der Waals surface area contributed by atoms with Crippen molar-refractivity contribution in [1.82, 2.24) is 8.96 Å². The van der Waals surface area contributed by atoms with Crippen LogP contribution in [0.15, 0.2) is 59.5 Å². The molecule has 0 radical (unpaired) electrons. The second kappa shape index (κ2) is 8.92. The Balaban J connectivity index is 2.05. The van der Waals surface area contributed by atoms with Gasteiger partial charge in [0.05, 0.1) is 26.5 Å². The van der Waals surface area contributed by atoms with E-state index in [0.717, 1.165) is 3.97 Å². The Hall–Kier alpha value is -3.69. The second-order valence-electron chi connectivity index (χ2n) is 7.35. The molecule has 4 aromatic rings. The molecule has 2 aromatic carbocycles. The molecule has 2 aromatic heterocycles. The van der Waals surface area contributed by atoms with Gasteiger partial charge in [-0.15, -0.1) is 0 Å². The van der Waals surface area contributed by atoms with Crippen molar-refractivity contribution in [3.8, 4) is 12.1 Å². The summed E-state index contributed by atoms with van der Waals surface area (Å²) < 4.78 is 28.4. The first-order valence-electron chi connectivity index (χ1n) is 9.83. The number of halogens is 2. The monoisotopic (exact) mass is 508 g/mol. The van der Waals surface area contributed by atoms with Crippen LogP contribution >= 0.6 is 23.2 Å². The summed E-state index contributed by atoms with van der Waals surface area (Å²) in [7, 11) is -4.14. The van der Waals surface area contributed by atoms with Crippen molar-refractivity contribution in [2.24, 2.45) is 0 Å². The van der Waals surface area contributed by atoms with Crippen molar-refractivity contribution in [3.05, 3.63) is 92.7 Å². The number of Topliss-reactive ketones (excluding diaryl/α,β-unsaturated/α-hetero) is 1. The number of hydrogen-bond donors (Lipinski definition) is 0. The van der Waals surface area contributed by atoms with Crippen molar-refractivity contribution >= 4 is 50.0 Å². The molecule has 0 amide bonds. The molecule has 0 atom stereocenters. The lowest BCUT2D eigenvalue weighted by molar-refractivity contribution is 0.101. The van der Waals surface area contributed by atoms with Gasteiger partial charge in [-0.3, -0.25) is 4.79 Å². The molecule has 0 aliphatic carbocycles. The Kier molecular flexibility index (Phi) is 6.16. The maximum absolute atomic E-state index is 13.7. The van der Waals surface area contributed by atoms with Crippen LogP contribution in [0.2, 0.25) is 10.0 Å². The predicted molar refractivity (Wildman–Crippen MR) is 127 cm³/mol. The molecule has 0 saturated carbocycles. The van der Waals surface area contributed by atoms with Gasteiger partial charge in [0, 0.05) is 22.7 Å². The number of carbonyl (C=O) groups excluding carboxylic acids is 1. The molecule has 34 heavy (non-hydrogen) atoms. The number of rotatable bonds is 5. The fourth-order valence-electron chi connectivity index (χ4n) is 3.64. The lowest BCUT2D eigenvalue weighted by Gasteiger charge is -2.14. The average molecular weight is 509 g/mol. The summed E-state index contributed by atoms with van der Waals surface area (Å²) in [6.07, 6.45) is -0.0506. The van der Waals surface area contributed by atoms with Crippen molar-refractivity contribution in [1.29, 1.82) is 10.5 Å². The zero-order chi connectivity index (χ0) is 24.6. The van der Waals surface area contributed by atoms with Gasteiger partial charge in [0.2, 0.25) is 0 Å². The largest absolute Gasteiger partial charge is 0.294 e. The highest BCUT2D eigenvalue weighted by atomic mass is 35.5. The van der Waals surface area contributed by atoms with Crippen molar-refractivity contribution < 1.29 is 13.2 Å². The van der Waals surface area contributed by atoms with Gasteiger partial charge in [-0.2, -0.15) is 10.5 Å². The van der Waals surface area contributed by atoms with Crippen LogP contribution in [0.4, 0.5) is 0 Å². The number of nitrogens with zero attached hydrogens (tertiary/aromatic N) is 4. The summed E-state index contributed by atoms with van der Waals surface area (Å²) in [5, 5.41) is 19.2. The molecule has 4 rings (SSSR count). The summed E-state index contributed by atoms with van der Waals surface area (Å²) in [5.41, 5.74) is 1.03. The highest BCUT2D eigenvalue weighted by Gasteiger charge is 2.26. The van der Waals surface area contributed by atoms with Crippen LogP contribution in [0.1, 0.15) is 39.8 Å². The van der Waals surface area contributed by atoms with E-state index in [2.05, 4.69) is 4.98 Å². The van der Waals surface area contributed by atoms with Crippen LogP contribution in [-0.4, -0.2) is 23.2 Å². The molecule has 0 saturated heterocycles. The molecule has 7 nitrogen and oxygen atoms in total. The van der Waals surface area contributed by atoms with E-state index >= 15 is 0 Å². The van der Waals surface area contributed by atoms with E-state index in [-0.39, 0.29) is 60.7 Å². The second-order valence-corrected chi connectivity index (χ2v) is 9.92. The molecule has 168 valence electrons. The van der Waals surface area contributed by atoms with Crippen molar-refractivity contribution in [2.45, 2.75) is 18.2 Å². The molecule has 0 spiro atoms. The lowest BCUT2D eigenvalue weighted by atomic mass is 10.0. The average Bonchev–Trinajstić information content (AvgIpc) is 3.18. The van der Waals surface area contributed by atoms with Gasteiger partial charge in [-0.05, 0) is 48.9 Å². The maximum atomic E-state index is 13.7. The topological polar surface area (TPSA) is 117 Å². The Morgan fingerprint density at radius 1 is 1.06 bits per heavy atom. The normalized spacial score (nSPS) is 11.2.